The molecule has 16 heteroatoms. The number of hydrogen-bond donors (Lipinski definition) is 2. The highest BCUT2D eigenvalue weighted by molar-refractivity contribution is 5.97. The third-order valence-corrected chi connectivity index (χ3v) is 6.43. The van der Waals surface area contributed by atoms with Gasteiger partial charge in [0.25, 0.3) is 17.7 Å². The summed E-state index contributed by atoms with van der Waals surface area (Å²) in [6, 6.07) is 8.47. The number of aromatic nitrogens is 3. The highest BCUT2D eigenvalue weighted by atomic mass is 19.4. The third-order valence-electron chi connectivity index (χ3n) is 6.43. The smallest absolute Gasteiger partial charge is 0.426 e. The molecule has 1 unspecified atom stereocenters. The van der Waals surface area contributed by atoms with Crippen LogP contribution in [0.15, 0.2) is 40.8 Å². The fraction of sp³-hybridized carbons (Fsp3) is 0.464. The number of fused-ring (bicyclic) bond motifs is 5. The Morgan fingerprint density at radius 2 is 1.73 bits per heavy atom. The van der Waals surface area contributed by atoms with Gasteiger partial charge in [-0.2, -0.15) is 26.3 Å². The fourth-order valence-electron chi connectivity index (χ4n) is 4.38. The number of halogens is 6. The van der Waals surface area contributed by atoms with Crippen LogP contribution in [-0.4, -0.2) is 45.5 Å². The number of nitrogens with zero attached hydrogens (tertiary/aromatic N) is 3. The van der Waals surface area contributed by atoms with Gasteiger partial charge in [-0.05, 0) is 51.7 Å². The number of ether oxygens (including phenoxy) is 2. The molecular formula is C28H29F6N5O5. The number of nitrogens with one attached hydrogen (secondary N) is 2. The molecule has 0 saturated carbocycles. The van der Waals surface area contributed by atoms with Crippen molar-refractivity contribution in [3.63, 3.8) is 0 Å². The topological polar surface area (TPSA) is 128 Å². The van der Waals surface area contributed by atoms with E-state index in [4.69, 9.17) is 13.9 Å². The molecule has 0 spiro atoms. The van der Waals surface area contributed by atoms with E-state index in [9.17, 15) is 35.9 Å². The summed E-state index contributed by atoms with van der Waals surface area (Å²) in [4.78, 5) is 29.2. The van der Waals surface area contributed by atoms with E-state index in [1.54, 1.807) is 30.3 Å². The van der Waals surface area contributed by atoms with Gasteiger partial charge in [0.05, 0.1) is 17.9 Å². The molecule has 1 aliphatic heterocycles. The molecule has 4 rings (SSSR count). The maximum Gasteiger partial charge on any atom is 0.426 e. The minimum absolute atomic E-state index is 0.0787. The van der Waals surface area contributed by atoms with E-state index >= 15 is 0 Å². The average molecular weight is 630 g/mol. The Hall–Kier alpha value is -4.21. The number of anilines is 1. The van der Waals surface area contributed by atoms with Crippen LogP contribution in [0.5, 0.6) is 0 Å². The number of pyridine rings is 1. The van der Waals surface area contributed by atoms with Crippen LogP contribution < -0.4 is 10.6 Å². The van der Waals surface area contributed by atoms with E-state index in [-0.39, 0.29) is 25.8 Å². The van der Waals surface area contributed by atoms with Gasteiger partial charge in [-0.3, -0.25) is 10.1 Å². The van der Waals surface area contributed by atoms with Crippen molar-refractivity contribution in [1.82, 2.24) is 20.5 Å². The second-order valence-electron chi connectivity index (χ2n) is 11.0. The molecule has 2 N–H and O–H groups in total. The first-order chi connectivity index (χ1) is 20.5. The monoisotopic (exact) mass is 629 g/mol. The third kappa shape index (κ3) is 7.46. The van der Waals surface area contributed by atoms with Crippen LogP contribution in [0.25, 0.3) is 11.6 Å². The molecule has 0 saturated heterocycles. The Morgan fingerprint density at radius 3 is 2.36 bits per heavy atom. The number of hydrogen-bond acceptors (Lipinski definition) is 8. The second kappa shape index (κ2) is 12.4. The predicted molar refractivity (Wildman–Crippen MR) is 142 cm³/mol. The molecule has 1 atom stereocenters. The molecule has 1 aliphatic rings. The lowest BCUT2D eigenvalue weighted by Gasteiger charge is -2.32. The molecule has 2 aromatic heterocycles. The summed E-state index contributed by atoms with van der Waals surface area (Å²) in [5, 5.41) is 11.7. The molecule has 3 heterocycles. The summed E-state index contributed by atoms with van der Waals surface area (Å²) in [5.74, 6) is -3.03. The van der Waals surface area contributed by atoms with Gasteiger partial charge in [0.2, 0.25) is 5.60 Å². The number of rotatable bonds is 4. The largest absolute Gasteiger partial charge is 0.444 e. The van der Waals surface area contributed by atoms with Gasteiger partial charge in [-0.1, -0.05) is 36.8 Å². The van der Waals surface area contributed by atoms with Gasteiger partial charge in [-0.15, -0.1) is 10.2 Å². The highest BCUT2D eigenvalue weighted by Gasteiger charge is 2.61. The molecule has 0 radical (unpaired) electrons. The first-order valence-electron chi connectivity index (χ1n) is 13.5. The van der Waals surface area contributed by atoms with Crippen LogP contribution in [0.3, 0.4) is 0 Å². The van der Waals surface area contributed by atoms with Gasteiger partial charge in [0.15, 0.2) is 5.69 Å². The van der Waals surface area contributed by atoms with Gasteiger partial charge < -0.3 is 19.2 Å². The molecule has 238 valence electrons. The number of carbonyl (C=O) groups is 2. The number of carbonyl (C=O) groups excluding carboxylic acids is 2. The van der Waals surface area contributed by atoms with Crippen molar-refractivity contribution in [1.29, 1.82) is 0 Å². The van der Waals surface area contributed by atoms with Crippen LogP contribution in [0.2, 0.25) is 0 Å². The summed E-state index contributed by atoms with van der Waals surface area (Å²) in [6.07, 6.45) is -11.8. The van der Waals surface area contributed by atoms with Gasteiger partial charge in [0, 0.05) is 6.54 Å². The number of alkyl halides is 6. The van der Waals surface area contributed by atoms with E-state index in [1.807, 2.05) is 0 Å². The normalized spacial score (nSPS) is 18.2. The van der Waals surface area contributed by atoms with Crippen molar-refractivity contribution >= 4 is 17.7 Å². The van der Waals surface area contributed by atoms with Crippen molar-refractivity contribution in [2.75, 3.05) is 11.9 Å². The minimum Gasteiger partial charge on any atom is -0.444 e. The number of benzene rings is 1. The zero-order chi connectivity index (χ0) is 32.3. The van der Waals surface area contributed by atoms with E-state index in [0.717, 1.165) is 0 Å². The van der Waals surface area contributed by atoms with Crippen LogP contribution in [0.4, 0.5) is 36.8 Å². The second-order valence-corrected chi connectivity index (χ2v) is 11.0. The van der Waals surface area contributed by atoms with Crippen molar-refractivity contribution < 1.29 is 49.8 Å². The van der Waals surface area contributed by atoms with Crippen LogP contribution in [0, 0.1) is 0 Å². The Kier molecular flexibility index (Phi) is 9.23. The Bertz CT molecular complexity index is 1490. The van der Waals surface area contributed by atoms with Crippen molar-refractivity contribution in [2.45, 2.75) is 76.6 Å². The lowest BCUT2D eigenvalue weighted by Crippen LogP contribution is -2.45. The van der Waals surface area contributed by atoms with E-state index in [0.29, 0.717) is 11.6 Å². The molecule has 0 fully saturated rings. The van der Waals surface area contributed by atoms with Crippen LogP contribution in [0.1, 0.15) is 74.0 Å². The first kappa shape index (κ1) is 32.7. The molecule has 0 aliphatic carbocycles. The molecule has 4 bridgehead atoms. The van der Waals surface area contributed by atoms with Crippen molar-refractivity contribution in [3.05, 3.63) is 59.1 Å². The van der Waals surface area contributed by atoms with Crippen molar-refractivity contribution in [3.8, 4) is 11.6 Å². The average Bonchev–Trinajstić information content (AvgIpc) is 3.40. The zero-order valence-corrected chi connectivity index (χ0v) is 23.9. The summed E-state index contributed by atoms with van der Waals surface area (Å²) in [5.41, 5.74) is -7.77. The molecule has 1 aromatic carbocycles. The van der Waals surface area contributed by atoms with Crippen LogP contribution >= 0.6 is 0 Å². The standard InChI is InChI=1S/C28H29F6N5O5/c1-25(2,3)44-24(41)36-18-14-17(27(29,30)31)19-21(40)35-13-9-5-8-12-26(28(32,33)34,42-15-16-10-6-4-7-11-16)23-39-38-22(43-23)20(18)37-19/h4,6-7,10-11,14H,5,8-9,12-13,15H2,1-3H3,(H,35,40)(H,36,41). The van der Waals surface area contributed by atoms with Crippen molar-refractivity contribution in [2.24, 2.45) is 0 Å². The predicted octanol–water partition coefficient (Wildman–Crippen LogP) is 6.78. The Labute approximate surface area is 247 Å². The zero-order valence-electron chi connectivity index (χ0n) is 23.9. The maximum absolute atomic E-state index is 14.9. The maximum atomic E-state index is 14.9. The SMILES string of the molecule is CC(C)(C)OC(=O)Nc1cc(C(F)(F)F)c2nc1-c1nnc(o1)C(OCc1ccccc1)(C(F)(F)F)CCCCCNC2=O. The Balaban J connectivity index is 1.90. The van der Waals surface area contributed by atoms with E-state index < -0.39 is 83.0 Å². The highest BCUT2D eigenvalue weighted by Crippen LogP contribution is 2.47. The van der Waals surface area contributed by atoms with E-state index in [1.165, 1.54) is 20.8 Å². The van der Waals surface area contributed by atoms with Gasteiger partial charge >= 0.3 is 18.4 Å². The van der Waals surface area contributed by atoms with Crippen LogP contribution in [-0.2, 0) is 27.9 Å². The lowest BCUT2D eigenvalue weighted by atomic mass is 9.94. The summed E-state index contributed by atoms with van der Waals surface area (Å²) in [7, 11) is 0. The molecule has 44 heavy (non-hydrogen) atoms. The van der Waals surface area contributed by atoms with Gasteiger partial charge in [0.1, 0.15) is 11.3 Å². The van der Waals surface area contributed by atoms with E-state index in [2.05, 4.69) is 25.8 Å². The molecule has 2 amide bonds. The molecule has 10 nitrogen and oxygen atoms in total. The molecule has 3 aromatic rings. The quantitative estimate of drug-likeness (QED) is 0.303. The minimum atomic E-state index is -5.12. The Morgan fingerprint density at radius 1 is 1.02 bits per heavy atom. The van der Waals surface area contributed by atoms with Gasteiger partial charge in [-0.25, -0.2) is 9.78 Å². The summed E-state index contributed by atoms with van der Waals surface area (Å²) >= 11 is 0. The lowest BCUT2D eigenvalue weighted by molar-refractivity contribution is -0.300. The first-order valence-corrected chi connectivity index (χ1v) is 13.5. The summed E-state index contributed by atoms with van der Waals surface area (Å²) < 4.78 is 103. The molecular weight excluding hydrogens is 600 g/mol. The summed E-state index contributed by atoms with van der Waals surface area (Å²) in [6.45, 7) is 3.87. The fourth-order valence-corrected chi connectivity index (χ4v) is 4.38. The number of amides is 2.